The third kappa shape index (κ3) is 2.02. The lowest BCUT2D eigenvalue weighted by Crippen LogP contribution is -2.29. The number of aromatic nitrogens is 1. The molecule has 4 heteroatoms. The van der Waals surface area contributed by atoms with Gasteiger partial charge in [0.15, 0.2) is 0 Å². The molecule has 1 aliphatic heterocycles. The minimum atomic E-state index is -0.420. The van der Waals surface area contributed by atoms with Crippen molar-refractivity contribution in [3.63, 3.8) is 0 Å². The Morgan fingerprint density at radius 3 is 2.93 bits per heavy atom. The third-order valence-corrected chi connectivity index (χ3v) is 2.30. The lowest BCUT2D eigenvalue weighted by atomic mass is 10.2. The van der Waals surface area contributed by atoms with E-state index in [1.165, 1.54) is 0 Å². The fourth-order valence-corrected chi connectivity index (χ4v) is 1.46. The maximum Gasteiger partial charge on any atom is 0.138 e. The molecule has 1 aromatic heterocycles. The van der Waals surface area contributed by atoms with Crippen molar-refractivity contribution in [2.24, 2.45) is 0 Å². The minimum Gasteiger partial charge on any atom is -0.485 e. The molecule has 0 amide bonds. The normalized spacial score (nSPS) is 26.4. The monoisotopic (exact) mass is 194 g/mol. The van der Waals surface area contributed by atoms with Gasteiger partial charge in [-0.15, -0.1) is 0 Å². The maximum atomic E-state index is 9.50. The maximum absolute atomic E-state index is 9.50. The van der Waals surface area contributed by atoms with Crippen molar-refractivity contribution in [3.8, 4) is 5.75 Å². The van der Waals surface area contributed by atoms with Crippen LogP contribution in [0.15, 0.2) is 18.3 Å². The van der Waals surface area contributed by atoms with E-state index in [2.05, 4.69) is 10.3 Å². The molecule has 2 unspecified atom stereocenters. The zero-order valence-corrected chi connectivity index (χ0v) is 8.10. The van der Waals surface area contributed by atoms with E-state index in [4.69, 9.17) is 4.74 Å². The van der Waals surface area contributed by atoms with Crippen LogP contribution in [-0.4, -0.2) is 35.4 Å². The number of ether oxygens (including phenoxy) is 1. The first-order chi connectivity index (χ1) is 6.75. The molecule has 14 heavy (non-hydrogen) atoms. The first-order valence-corrected chi connectivity index (χ1v) is 4.74. The average Bonchev–Trinajstić information content (AvgIpc) is 2.56. The van der Waals surface area contributed by atoms with Crippen molar-refractivity contribution < 1.29 is 9.84 Å². The third-order valence-electron chi connectivity index (χ3n) is 2.30. The van der Waals surface area contributed by atoms with Crippen LogP contribution in [0.4, 0.5) is 0 Å². The molecule has 4 nitrogen and oxygen atoms in total. The van der Waals surface area contributed by atoms with Gasteiger partial charge in [-0.2, -0.15) is 0 Å². The number of nitrogens with zero attached hydrogens (tertiary/aromatic N) is 1. The molecule has 0 spiro atoms. The van der Waals surface area contributed by atoms with Gasteiger partial charge < -0.3 is 15.2 Å². The van der Waals surface area contributed by atoms with Crippen LogP contribution in [0, 0.1) is 6.92 Å². The topological polar surface area (TPSA) is 54.4 Å². The lowest BCUT2D eigenvalue weighted by Gasteiger charge is -2.15. The number of rotatable bonds is 2. The summed E-state index contributed by atoms with van der Waals surface area (Å²) in [5.74, 6) is 0.711. The summed E-state index contributed by atoms with van der Waals surface area (Å²) in [5.41, 5.74) is 0.961. The Morgan fingerprint density at radius 1 is 1.50 bits per heavy atom. The molecule has 0 bridgehead atoms. The van der Waals surface area contributed by atoms with Crippen molar-refractivity contribution in [2.75, 3.05) is 13.1 Å². The van der Waals surface area contributed by atoms with Gasteiger partial charge in [-0.3, -0.25) is 4.98 Å². The Hall–Kier alpha value is -1.13. The highest BCUT2D eigenvalue weighted by Gasteiger charge is 2.26. The Labute approximate surface area is 82.9 Å². The van der Waals surface area contributed by atoms with E-state index in [0.29, 0.717) is 18.8 Å². The molecule has 76 valence electrons. The second-order valence-corrected chi connectivity index (χ2v) is 3.52. The molecule has 1 fully saturated rings. The van der Waals surface area contributed by atoms with Crippen LogP contribution in [0.5, 0.6) is 5.75 Å². The summed E-state index contributed by atoms with van der Waals surface area (Å²) < 4.78 is 5.57. The van der Waals surface area contributed by atoms with Crippen molar-refractivity contribution >= 4 is 0 Å². The van der Waals surface area contributed by atoms with Gasteiger partial charge in [-0.05, 0) is 19.1 Å². The number of β-amino-alcohol motifs (C(OH)–C–C–N with tert-alkyl or cyclic N) is 1. The first kappa shape index (κ1) is 9.43. The Kier molecular flexibility index (Phi) is 2.65. The summed E-state index contributed by atoms with van der Waals surface area (Å²) >= 11 is 0. The SMILES string of the molecule is Cc1ccc(OC2CNCC2O)cn1. The molecule has 1 aromatic rings. The van der Waals surface area contributed by atoms with Crippen molar-refractivity contribution in [1.29, 1.82) is 0 Å². The summed E-state index contributed by atoms with van der Waals surface area (Å²) in [5, 5.41) is 12.6. The van der Waals surface area contributed by atoms with Gasteiger partial charge in [0.1, 0.15) is 18.0 Å². The van der Waals surface area contributed by atoms with E-state index < -0.39 is 6.10 Å². The van der Waals surface area contributed by atoms with E-state index in [9.17, 15) is 5.11 Å². The molecule has 0 aliphatic carbocycles. The van der Waals surface area contributed by atoms with Crippen LogP contribution in [0.3, 0.4) is 0 Å². The predicted octanol–water partition coefficient (Wildman–Crippen LogP) is 0.102. The van der Waals surface area contributed by atoms with E-state index in [0.717, 1.165) is 5.69 Å². The van der Waals surface area contributed by atoms with E-state index in [1.54, 1.807) is 6.20 Å². The van der Waals surface area contributed by atoms with Gasteiger partial charge in [-0.25, -0.2) is 0 Å². The van der Waals surface area contributed by atoms with Crippen LogP contribution in [0.25, 0.3) is 0 Å². The first-order valence-electron chi connectivity index (χ1n) is 4.74. The minimum absolute atomic E-state index is 0.153. The lowest BCUT2D eigenvalue weighted by molar-refractivity contribution is 0.0735. The van der Waals surface area contributed by atoms with E-state index >= 15 is 0 Å². The fraction of sp³-hybridized carbons (Fsp3) is 0.500. The van der Waals surface area contributed by atoms with Crippen molar-refractivity contribution in [3.05, 3.63) is 24.0 Å². The van der Waals surface area contributed by atoms with Crippen molar-refractivity contribution in [2.45, 2.75) is 19.1 Å². The average molecular weight is 194 g/mol. The molecule has 0 aromatic carbocycles. The van der Waals surface area contributed by atoms with Crippen LogP contribution in [0.1, 0.15) is 5.69 Å². The van der Waals surface area contributed by atoms with Crippen LogP contribution >= 0.6 is 0 Å². The highest BCUT2D eigenvalue weighted by atomic mass is 16.5. The number of pyridine rings is 1. The molecular formula is C10H14N2O2. The number of aliphatic hydroxyl groups excluding tert-OH is 1. The molecule has 0 saturated carbocycles. The fourth-order valence-electron chi connectivity index (χ4n) is 1.46. The number of nitrogens with one attached hydrogen (secondary N) is 1. The van der Waals surface area contributed by atoms with Gasteiger partial charge in [0.05, 0.1) is 6.20 Å². The molecule has 0 radical (unpaired) electrons. The van der Waals surface area contributed by atoms with Gasteiger partial charge in [0.2, 0.25) is 0 Å². The summed E-state index contributed by atoms with van der Waals surface area (Å²) in [6.07, 6.45) is 1.11. The predicted molar refractivity (Wildman–Crippen MR) is 52.3 cm³/mol. The van der Waals surface area contributed by atoms with Gasteiger partial charge in [0.25, 0.3) is 0 Å². The van der Waals surface area contributed by atoms with Gasteiger partial charge in [-0.1, -0.05) is 0 Å². The molecule has 2 atom stereocenters. The molecule has 2 heterocycles. The summed E-state index contributed by atoms with van der Waals surface area (Å²) in [6, 6.07) is 3.76. The number of hydrogen-bond donors (Lipinski definition) is 2. The van der Waals surface area contributed by atoms with Gasteiger partial charge in [0, 0.05) is 18.8 Å². The standard InChI is InChI=1S/C10H14N2O2/c1-7-2-3-8(4-12-7)14-10-6-11-5-9(10)13/h2-4,9-11,13H,5-6H2,1H3. The highest BCUT2D eigenvalue weighted by molar-refractivity contribution is 5.19. The second kappa shape index (κ2) is 3.94. The summed E-state index contributed by atoms with van der Waals surface area (Å²) in [6.45, 7) is 3.22. The molecule has 1 saturated heterocycles. The highest BCUT2D eigenvalue weighted by Crippen LogP contribution is 2.14. The number of aliphatic hydroxyl groups is 1. The number of hydrogen-bond acceptors (Lipinski definition) is 4. The summed E-state index contributed by atoms with van der Waals surface area (Å²) in [7, 11) is 0. The molecule has 1 aliphatic rings. The summed E-state index contributed by atoms with van der Waals surface area (Å²) in [4.78, 5) is 4.12. The molecular weight excluding hydrogens is 180 g/mol. The smallest absolute Gasteiger partial charge is 0.138 e. The van der Waals surface area contributed by atoms with Gasteiger partial charge >= 0.3 is 0 Å². The zero-order chi connectivity index (χ0) is 9.97. The zero-order valence-electron chi connectivity index (χ0n) is 8.10. The van der Waals surface area contributed by atoms with Crippen molar-refractivity contribution in [1.82, 2.24) is 10.3 Å². The number of aryl methyl sites for hydroxylation is 1. The quantitative estimate of drug-likeness (QED) is 0.701. The Balaban J connectivity index is 2.00. The Bertz CT molecular complexity index is 299. The van der Waals surface area contributed by atoms with E-state index in [-0.39, 0.29) is 6.10 Å². The largest absolute Gasteiger partial charge is 0.485 e. The van der Waals surface area contributed by atoms with E-state index in [1.807, 2.05) is 19.1 Å². The molecule has 2 N–H and O–H groups in total. The van der Waals surface area contributed by atoms with Crippen LogP contribution in [-0.2, 0) is 0 Å². The van der Waals surface area contributed by atoms with Crippen LogP contribution in [0.2, 0.25) is 0 Å². The Morgan fingerprint density at radius 2 is 2.36 bits per heavy atom. The second-order valence-electron chi connectivity index (χ2n) is 3.52. The molecule has 2 rings (SSSR count). The van der Waals surface area contributed by atoms with Crippen LogP contribution < -0.4 is 10.1 Å².